The molecule has 0 aromatic heterocycles. The molecule has 1 atom stereocenters. The van der Waals surface area contributed by atoms with Crippen LogP contribution in [0.5, 0.6) is 5.75 Å². The normalized spacial score (nSPS) is 11.7. The zero-order valence-electron chi connectivity index (χ0n) is 13.8. The van der Waals surface area contributed by atoms with E-state index in [1.165, 1.54) is 19.2 Å². The molecular formula is C16H21FN2O5. The molecule has 0 saturated heterocycles. The lowest BCUT2D eigenvalue weighted by Gasteiger charge is -2.16. The molecular weight excluding hydrogens is 319 g/mol. The van der Waals surface area contributed by atoms with Gasteiger partial charge in [-0.1, -0.05) is 13.8 Å². The first kappa shape index (κ1) is 19.4. The molecule has 132 valence electrons. The Morgan fingerprint density at radius 1 is 1.29 bits per heavy atom. The van der Waals surface area contributed by atoms with E-state index in [1.54, 1.807) is 0 Å². The van der Waals surface area contributed by atoms with E-state index in [4.69, 9.17) is 9.84 Å². The number of aliphatic carboxylic acids is 1. The number of ether oxygens (including phenoxy) is 1. The van der Waals surface area contributed by atoms with Crippen LogP contribution in [-0.2, 0) is 9.59 Å². The van der Waals surface area contributed by atoms with E-state index in [0.717, 1.165) is 6.07 Å². The summed E-state index contributed by atoms with van der Waals surface area (Å²) in [6, 6.07) is 2.53. The summed E-state index contributed by atoms with van der Waals surface area (Å²) in [5, 5.41) is 13.8. The van der Waals surface area contributed by atoms with E-state index in [1.807, 2.05) is 13.8 Å². The van der Waals surface area contributed by atoms with Crippen LogP contribution < -0.4 is 15.4 Å². The minimum atomic E-state index is -1.13. The third kappa shape index (κ3) is 5.86. The second-order valence-corrected chi connectivity index (χ2v) is 5.62. The molecule has 0 radical (unpaired) electrons. The Labute approximate surface area is 139 Å². The molecule has 0 bridgehead atoms. The minimum Gasteiger partial charge on any atom is -0.494 e. The van der Waals surface area contributed by atoms with Crippen molar-refractivity contribution < 1.29 is 28.6 Å². The predicted molar refractivity (Wildman–Crippen MR) is 84.3 cm³/mol. The summed E-state index contributed by atoms with van der Waals surface area (Å²) in [6.45, 7) is 3.29. The molecule has 0 aliphatic rings. The Balaban J connectivity index is 2.60. The van der Waals surface area contributed by atoms with E-state index < -0.39 is 29.6 Å². The lowest BCUT2D eigenvalue weighted by Crippen LogP contribution is -2.46. The van der Waals surface area contributed by atoms with Crippen molar-refractivity contribution >= 4 is 17.8 Å². The molecule has 0 aliphatic heterocycles. The largest absolute Gasteiger partial charge is 0.494 e. The van der Waals surface area contributed by atoms with Crippen molar-refractivity contribution in [3.05, 3.63) is 29.6 Å². The smallest absolute Gasteiger partial charge is 0.326 e. The molecule has 0 fully saturated rings. The number of nitrogens with one attached hydrogen (secondary N) is 2. The highest BCUT2D eigenvalue weighted by atomic mass is 19.1. The number of carbonyl (C=O) groups is 3. The van der Waals surface area contributed by atoms with Crippen LogP contribution in [0.25, 0.3) is 0 Å². The topological polar surface area (TPSA) is 105 Å². The Kier molecular flexibility index (Phi) is 7.16. The molecule has 1 rings (SSSR count). The summed E-state index contributed by atoms with van der Waals surface area (Å²) in [7, 11) is 1.27. The third-order valence-corrected chi connectivity index (χ3v) is 3.16. The molecule has 8 heteroatoms. The van der Waals surface area contributed by atoms with Gasteiger partial charge >= 0.3 is 5.97 Å². The molecule has 0 unspecified atom stereocenters. The Morgan fingerprint density at radius 2 is 1.96 bits per heavy atom. The van der Waals surface area contributed by atoms with E-state index >= 15 is 0 Å². The fourth-order valence-electron chi connectivity index (χ4n) is 2.00. The van der Waals surface area contributed by atoms with Crippen LogP contribution in [0.4, 0.5) is 4.39 Å². The molecule has 0 heterocycles. The van der Waals surface area contributed by atoms with Gasteiger partial charge in [0, 0.05) is 5.56 Å². The van der Waals surface area contributed by atoms with Gasteiger partial charge in [-0.25, -0.2) is 9.18 Å². The van der Waals surface area contributed by atoms with E-state index in [9.17, 15) is 18.8 Å². The molecule has 0 spiro atoms. The maximum atomic E-state index is 13.3. The number of halogens is 1. The van der Waals surface area contributed by atoms with Gasteiger partial charge in [-0.2, -0.15) is 0 Å². The zero-order valence-corrected chi connectivity index (χ0v) is 13.8. The van der Waals surface area contributed by atoms with Crippen molar-refractivity contribution in [2.24, 2.45) is 5.92 Å². The van der Waals surface area contributed by atoms with Gasteiger partial charge in [0.25, 0.3) is 5.91 Å². The van der Waals surface area contributed by atoms with Crippen LogP contribution in [0.15, 0.2) is 18.2 Å². The van der Waals surface area contributed by atoms with Crippen molar-refractivity contribution in [2.45, 2.75) is 26.3 Å². The molecule has 2 amide bonds. The van der Waals surface area contributed by atoms with Crippen molar-refractivity contribution in [3.63, 3.8) is 0 Å². The van der Waals surface area contributed by atoms with Crippen LogP contribution in [0, 0.1) is 11.7 Å². The van der Waals surface area contributed by atoms with E-state index in [-0.39, 0.29) is 30.2 Å². The SMILES string of the molecule is COc1cc(C(=O)NCC(=O)N[C@@H](CC(C)C)C(=O)O)ccc1F. The summed E-state index contributed by atoms with van der Waals surface area (Å²) in [5.74, 6) is -2.95. The van der Waals surface area contributed by atoms with Crippen LogP contribution >= 0.6 is 0 Å². The highest BCUT2D eigenvalue weighted by Crippen LogP contribution is 2.18. The van der Waals surface area contributed by atoms with Crippen LogP contribution in [-0.4, -0.2) is 42.6 Å². The van der Waals surface area contributed by atoms with E-state index in [0.29, 0.717) is 0 Å². The van der Waals surface area contributed by atoms with Crippen molar-refractivity contribution in [1.82, 2.24) is 10.6 Å². The number of carbonyl (C=O) groups excluding carboxylic acids is 2. The van der Waals surface area contributed by atoms with Crippen molar-refractivity contribution in [3.8, 4) is 5.75 Å². The average molecular weight is 340 g/mol. The Bertz CT molecular complexity index is 618. The van der Waals surface area contributed by atoms with Gasteiger partial charge in [0.05, 0.1) is 13.7 Å². The van der Waals surface area contributed by atoms with Gasteiger partial charge in [0.2, 0.25) is 5.91 Å². The summed E-state index contributed by atoms with van der Waals surface area (Å²) in [5.41, 5.74) is 0.123. The highest BCUT2D eigenvalue weighted by molar-refractivity contribution is 5.97. The number of benzene rings is 1. The number of carboxylic acid groups (broad SMARTS) is 1. The molecule has 3 N–H and O–H groups in total. The number of carboxylic acids is 1. The number of amides is 2. The first-order valence-corrected chi connectivity index (χ1v) is 7.38. The molecule has 24 heavy (non-hydrogen) atoms. The fraction of sp³-hybridized carbons (Fsp3) is 0.438. The Morgan fingerprint density at radius 3 is 2.50 bits per heavy atom. The molecule has 0 aliphatic carbocycles. The lowest BCUT2D eigenvalue weighted by molar-refractivity contribution is -0.142. The highest BCUT2D eigenvalue weighted by Gasteiger charge is 2.21. The molecule has 1 aromatic rings. The summed E-state index contributed by atoms with van der Waals surface area (Å²) < 4.78 is 18.1. The minimum absolute atomic E-state index is 0.0880. The van der Waals surface area contributed by atoms with Gasteiger partial charge in [0.1, 0.15) is 6.04 Å². The zero-order chi connectivity index (χ0) is 18.3. The van der Waals surface area contributed by atoms with Gasteiger partial charge in [0.15, 0.2) is 11.6 Å². The van der Waals surface area contributed by atoms with Gasteiger partial charge < -0.3 is 20.5 Å². The fourth-order valence-corrected chi connectivity index (χ4v) is 2.00. The van der Waals surface area contributed by atoms with Crippen LogP contribution in [0.1, 0.15) is 30.6 Å². The maximum absolute atomic E-state index is 13.3. The Hall–Kier alpha value is -2.64. The monoisotopic (exact) mass is 340 g/mol. The third-order valence-electron chi connectivity index (χ3n) is 3.16. The first-order chi connectivity index (χ1) is 11.2. The van der Waals surface area contributed by atoms with Gasteiger partial charge in [-0.05, 0) is 30.5 Å². The average Bonchev–Trinajstić information content (AvgIpc) is 2.51. The quantitative estimate of drug-likeness (QED) is 0.659. The second-order valence-electron chi connectivity index (χ2n) is 5.62. The summed E-state index contributed by atoms with van der Waals surface area (Å²) in [6.07, 6.45) is 0.282. The molecule has 0 saturated carbocycles. The predicted octanol–water partition coefficient (Wildman–Crippen LogP) is 1.18. The van der Waals surface area contributed by atoms with Crippen LogP contribution in [0.2, 0.25) is 0 Å². The summed E-state index contributed by atoms with van der Waals surface area (Å²) >= 11 is 0. The molecule has 1 aromatic carbocycles. The summed E-state index contributed by atoms with van der Waals surface area (Å²) in [4.78, 5) is 34.8. The number of hydrogen-bond acceptors (Lipinski definition) is 4. The number of hydrogen-bond donors (Lipinski definition) is 3. The lowest BCUT2D eigenvalue weighted by atomic mass is 10.0. The number of rotatable bonds is 8. The first-order valence-electron chi connectivity index (χ1n) is 7.38. The van der Waals surface area contributed by atoms with Crippen molar-refractivity contribution in [2.75, 3.05) is 13.7 Å². The van der Waals surface area contributed by atoms with E-state index in [2.05, 4.69) is 10.6 Å². The standard InChI is InChI=1S/C16H21FN2O5/c1-9(2)6-12(16(22)23)19-14(20)8-18-15(21)10-4-5-11(17)13(7-10)24-3/h4-5,7,9,12H,6,8H2,1-3H3,(H,18,21)(H,19,20)(H,22,23)/t12-/m0/s1. The number of methoxy groups -OCH3 is 1. The second kappa shape index (κ2) is 8.85. The van der Waals surface area contributed by atoms with Gasteiger partial charge in [-0.15, -0.1) is 0 Å². The van der Waals surface area contributed by atoms with Gasteiger partial charge in [-0.3, -0.25) is 9.59 Å². The van der Waals surface area contributed by atoms with Crippen molar-refractivity contribution in [1.29, 1.82) is 0 Å². The van der Waals surface area contributed by atoms with Crippen LogP contribution in [0.3, 0.4) is 0 Å². The maximum Gasteiger partial charge on any atom is 0.326 e. The molecule has 7 nitrogen and oxygen atoms in total.